The highest BCUT2D eigenvalue weighted by Gasteiger charge is 2.05. The van der Waals surface area contributed by atoms with Crippen molar-refractivity contribution in [2.75, 3.05) is 5.32 Å². The number of nitrogens with one attached hydrogen (secondary N) is 2. The molecule has 7 nitrogen and oxygen atoms in total. The Labute approximate surface area is 118 Å². The third kappa shape index (κ3) is 4.32. The molecule has 0 unspecified atom stereocenters. The van der Waals surface area contributed by atoms with E-state index < -0.39 is 5.97 Å². The molecule has 2 amide bonds. The lowest BCUT2D eigenvalue weighted by molar-refractivity contribution is -0.136. The summed E-state index contributed by atoms with van der Waals surface area (Å²) in [5.74, 6) is -0.945. The van der Waals surface area contributed by atoms with Gasteiger partial charge in [0.25, 0.3) is 0 Å². The molecule has 0 radical (unpaired) electrons. The molecule has 2 aromatic rings. The summed E-state index contributed by atoms with van der Waals surface area (Å²) in [5.41, 5.74) is 0.932. The first-order valence-corrected chi connectivity index (χ1v) is 6.61. The van der Waals surface area contributed by atoms with Crippen molar-refractivity contribution >= 4 is 29.0 Å². The van der Waals surface area contributed by atoms with Crippen molar-refractivity contribution in [2.45, 2.75) is 13.0 Å². The van der Waals surface area contributed by atoms with Crippen LogP contribution in [0.2, 0.25) is 0 Å². The van der Waals surface area contributed by atoms with Gasteiger partial charge in [-0.3, -0.25) is 9.78 Å². The first-order chi connectivity index (χ1) is 9.63. The largest absolute Gasteiger partial charge is 0.481 e. The van der Waals surface area contributed by atoms with E-state index in [4.69, 9.17) is 5.11 Å². The fourth-order valence-corrected chi connectivity index (χ4v) is 1.99. The number of anilines is 1. The van der Waals surface area contributed by atoms with Gasteiger partial charge < -0.3 is 15.7 Å². The number of rotatable bonds is 5. The fourth-order valence-electron chi connectivity index (χ4n) is 1.43. The number of thiazole rings is 1. The number of hydrogen-bond acceptors (Lipinski definition) is 5. The van der Waals surface area contributed by atoms with Crippen LogP contribution in [0.15, 0.2) is 29.9 Å². The van der Waals surface area contributed by atoms with Crippen molar-refractivity contribution in [3.05, 3.63) is 40.6 Å². The van der Waals surface area contributed by atoms with Crippen LogP contribution in [-0.4, -0.2) is 27.1 Å². The Balaban J connectivity index is 1.83. The Kier molecular flexibility index (Phi) is 4.61. The van der Waals surface area contributed by atoms with E-state index in [9.17, 15) is 9.59 Å². The molecule has 0 aliphatic rings. The van der Waals surface area contributed by atoms with E-state index in [2.05, 4.69) is 20.6 Å². The Bertz CT molecular complexity index is 583. The van der Waals surface area contributed by atoms with Gasteiger partial charge in [-0.15, -0.1) is 11.3 Å². The first-order valence-electron chi connectivity index (χ1n) is 5.73. The highest BCUT2D eigenvalue weighted by molar-refractivity contribution is 7.09. The van der Waals surface area contributed by atoms with Gasteiger partial charge in [0.1, 0.15) is 5.01 Å². The zero-order valence-electron chi connectivity index (χ0n) is 10.4. The molecule has 0 saturated carbocycles. The van der Waals surface area contributed by atoms with Crippen molar-refractivity contribution in [1.82, 2.24) is 15.3 Å². The van der Waals surface area contributed by atoms with E-state index in [-0.39, 0.29) is 12.5 Å². The van der Waals surface area contributed by atoms with Crippen LogP contribution in [0.1, 0.15) is 10.7 Å². The van der Waals surface area contributed by atoms with Crippen molar-refractivity contribution in [1.29, 1.82) is 0 Å². The van der Waals surface area contributed by atoms with E-state index in [0.717, 1.165) is 5.01 Å². The summed E-state index contributed by atoms with van der Waals surface area (Å²) in [4.78, 5) is 30.1. The summed E-state index contributed by atoms with van der Waals surface area (Å²) < 4.78 is 0. The molecular weight excluding hydrogens is 280 g/mol. The Morgan fingerprint density at radius 3 is 2.75 bits per heavy atom. The molecule has 0 bridgehead atoms. The fraction of sp³-hybridized carbons (Fsp3) is 0.167. The Morgan fingerprint density at radius 2 is 2.15 bits per heavy atom. The van der Waals surface area contributed by atoms with Crippen LogP contribution in [0.4, 0.5) is 10.5 Å². The zero-order chi connectivity index (χ0) is 14.4. The normalized spacial score (nSPS) is 10.0. The highest BCUT2D eigenvalue weighted by atomic mass is 32.1. The summed E-state index contributed by atoms with van der Waals surface area (Å²) in [6.45, 7) is 0.355. The molecule has 2 heterocycles. The van der Waals surface area contributed by atoms with Crippen molar-refractivity contribution in [3.8, 4) is 0 Å². The van der Waals surface area contributed by atoms with E-state index in [1.54, 1.807) is 18.3 Å². The molecule has 104 valence electrons. The van der Waals surface area contributed by atoms with Gasteiger partial charge in [0.05, 0.1) is 30.5 Å². The Morgan fingerprint density at radius 1 is 1.30 bits per heavy atom. The number of nitrogens with zero attached hydrogens (tertiary/aromatic N) is 2. The lowest BCUT2D eigenvalue weighted by Crippen LogP contribution is -2.28. The van der Waals surface area contributed by atoms with Gasteiger partial charge >= 0.3 is 12.0 Å². The summed E-state index contributed by atoms with van der Waals surface area (Å²) >= 11 is 1.46. The SMILES string of the molecule is O=C(O)Cc1ccc(NC(=O)NCc2nccs2)cn1. The summed E-state index contributed by atoms with van der Waals surface area (Å²) in [6, 6.07) is 2.80. The quantitative estimate of drug-likeness (QED) is 0.774. The zero-order valence-corrected chi connectivity index (χ0v) is 11.2. The molecule has 8 heteroatoms. The van der Waals surface area contributed by atoms with Crippen LogP contribution in [-0.2, 0) is 17.8 Å². The topological polar surface area (TPSA) is 104 Å². The molecule has 0 atom stereocenters. The molecule has 3 N–H and O–H groups in total. The number of aliphatic carboxylic acids is 1. The maximum Gasteiger partial charge on any atom is 0.319 e. The number of hydrogen-bond donors (Lipinski definition) is 3. The van der Waals surface area contributed by atoms with Crippen LogP contribution in [0.25, 0.3) is 0 Å². The maximum absolute atomic E-state index is 11.6. The number of carbonyl (C=O) groups excluding carboxylic acids is 1. The number of urea groups is 1. The van der Waals surface area contributed by atoms with Gasteiger partial charge in [-0.25, -0.2) is 9.78 Å². The number of carbonyl (C=O) groups is 2. The number of amides is 2. The predicted octanol–water partition coefficient (Wildman–Crippen LogP) is 1.49. The third-order valence-electron chi connectivity index (χ3n) is 2.30. The third-order valence-corrected chi connectivity index (χ3v) is 3.08. The number of pyridine rings is 1. The van der Waals surface area contributed by atoms with Crippen molar-refractivity contribution in [2.24, 2.45) is 0 Å². The minimum atomic E-state index is -0.945. The van der Waals surface area contributed by atoms with Gasteiger partial charge in [0, 0.05) is 11.6 Å². The van der Waals surface area contributed by atoms with E-state index >= 15 is 0 Å². The molecule has 0 aliphatic heterocycles. The number of carboxylic acids is 1. The second kappa shape index (κ2) is 6.62. The lowest BCUT2D eigenvalue weighted by atomic mass is 10.2. The summed E-state index contributed by atoms with van der Waals surface area (Å²) in [5, 5.41) is 16.5. The minimum Gasteiger partial charge on any atom is -0.481 e. The highest BCUT2D eigenvalue weighted by Crippen LogP contribution is 2.07. The second-order valence-corrected chi connectivity index (χ2v) is 4.82. The molecule has 0 fully saturated rings. The van der Waals surface area contributed by atoms with Crippen LogP contribution in [0.3, 0.4) is 0 Å². The van der Waals surface area contributed by atoms with Gasteiger partial charge in [-0.2, -0.15) is 0 Å². The van der Waals surface area contributed by atoms with Gasteiger partial charge in [-0.05, 0) is 12.1 Å². The molecule has 20 heavy (non-hydrogen) atoms. The van der Waals surface area contributed by atoms with Gasteiger partial charge in [0.15, 0.2) is 0 Å². The standard InChI is InChI=1S/C12H12N4O3S/c17-11(18)5-8-1-2-9(6-14-8)16-12(19)15-7-10-13-3-4-20-10/h1-4,6H,5,7H2,(H,17,18)(H2,15,16,19). The molecule has 2 rings (SSSR count). The second-order valence-electron chi connectivity index (χ2n) is 3.84. The predicted molar refractivity (Wildman–Crippen MR) is 73.5 cm³/mol. The molecule has 0 saturated heterocycles. The Hall–Kier alpha value is -2.48. The van der Waals surface area contributed by atoms with E-state index in [0.29, 0.717) is 17.9 Å². The first kappa shape index (κ1) is 13.9. The molecule has 0 spiro atoms. The van der Waals surface area contributed by atoms with Crippen LogP contribution in [0, 0.1) is 0 Å². The summed E-state index contributed by atoms with van der Waals surface area (Å²) in [7, 11) is 0. The number of carboxylic acid groups (broad SMARTS) is 1. The molecule has 2 aromatic heterocycles. The lowest BCUT2D eigenvalue weighted by Gasteiger charge is -2.06. The maximum atomic E-state index is 11.6. The summed E-state index contributed by atoms with van der Waals surface area (Å²) in [6.07, 6.45) is 2.95. The van der Waals surface area contributed by atoms with E-state index in [1.807, 2.05) is 5.38 Å². The van der Waals surface area contributed by atoms with E-state index in [1.165, 1.54) is 17.5 Å². The molecular formula is C12H12N4O3S. The van der Waals surface area contributed by atoms with Crippen molar-refractivity contribution in [3.63, 3.8) is 0 Å². The van der Waals surface area contributed by atoms with Crippen molar-refractivity contribution < 1.29 is 14.7 Å². The average Bonchev–Trinajstić information content (AvgIpc) is 2.91. The van der Waals surface area contributed by atoms with Crippen LogP contribution < -0.4 is 10.6 Å². The van der Waals surface area contributed by atoms with Gasteiger partial charge in [0.2, 0.25) is 0 Å². The number of aromatic nitrogens is 2. The average molecular weight is 292 g/mol. The molecule has 0 aromatic carbocycles. The van der Waals surface area contributed by atoms with Crippen LogP contribution in [0.5, 0.6) is 0 Å². The van der Waals surface area contributed by atoms with Crippen LogP contribution >= 0.6 is 11.3 Å². The minimum absolute atomic E-state index is 0.142. The smallest absolute Gasteiger partial charge is 0.319 e. The monoisotopic (exact) mass is 292 g/mol. The molecule has 0 aliphatic carbocycles. The van der Waals surface area contributed by atoms with Gasteiger partial charge in [-0.1, -0.05) is 0 Å².